The van der Waals surface area contributed by atoms with Crippen LogP contribution in [0.3, 0.4) is 0 Å². The summed E-state index contributed by atoms with van der Waals surface area (Å²) in [7, 11) is 0. The Labute approximate surface area is 177 Å². The van der Waals surface area contributed by atoms with Crippen molar-refractivity contribution in [2.75, 3.05) is 0 Å². The number of rotatable bonds is 5. The van der Waals surface area contributed by atoms with Gasteiger partial charge in [-0.05, 0) is 55.2 Å². The molecule has 1 aliphatic carbocycles. The van der Waals surface area contributed by atoms with Crippen LogP contribution >= 0.6 is 0 Å². The minimum Gasteiger partial charge on any atom is -0.348 e. The molecule has 0 radical (unpaired) electrons. The Bertz CT molecular complexity index is 1250. The summed E-state index contributed by atoms with van der Waals surface area (Å²) < 4.78 is 20.2. The van der Waals surface area contributed by atoms with E-state index in [1.807, 2.05) is 19.1 Å². The van der Waals surface area contributed by atoms with E-state index in [0.717, 1.165) is 12.8 Å². The van der Waals surface area contributed by atoms with E-state index < -0.39 is 0 Å². The Morgan fingerprint density at radius 3 is 2.84 bits per heavy atom. The second-order valence-corrected chi connectivity index (χ2v) is 7.59. The number of fused-ring (bicyclic) bond motifs is 1. The highest BCUT2D eigenvalue weighted by Gasteiger charge is 2.24. The largest absolute Gasteiger partial charge is 0.348 e. The molecule has 5 rings (SSSR count). The van der Waals surface area contributed by atoms with E-state index >= 15 is 0 Å². The summed E-state index contributed by atoms with van der Waals surface area (Å²) in [6.45, 7) is 1.97. The number of benzene rings is 2. The maximum Gasteiger partial charge on any atom is 0.258 e. The molecule has 1 aliphatic rings. The molecule has 31 heavy (non-hydrogen) atoms. The maximum atomic E-state index is 13.1. The van der Waals surface area contributed by atoms with Gasteiger partial charge in [0.15, 0.2) is 0 Å². The summed E-state index contributed by atoms with van der Waals surface area (Å²) in [5, 5.41) is 7.09. The monoisotopic (exact) mass is 417 g/mol. The van der Waals surface area contributed by atoms with E-state index in [-0.39, 0.29) is 30.2 Å². The minimum atomic E-state index is -0.336. The van der Waals surface area contributed by atoms with E-state index in [1.165, 1.54) is 23.3 Å². The summed E-state index contributed by atoms with van der Waals surface area (Å²) in [5.74, 6) is 0.849. The Kier molecular flexibility index (Phi) is 4.82. The number of hydrogen-bond acceptors (Lipinski definition) is 5. The van der Waals surface area contributed by atoms with Crippen molar-refractivity contribution in [1.82, 2.24) is 25.0 Å². The van der Waals surface area contributed by atoms with Crippen LogP contribution in [-0.4, -0.2) is 25.6 Å². The van der Waals surface area contributed by atoms with Gasteiger partial charge in [-0.25, -0.2) is 9.37 Å². The van der Waals surface area contributed by atoms with E-state index in [0.29, 0.717) is 22.9 Å². The number of imidazole rings is 1. The molecule has 0 spiro atoms. The summed E-state index contributed by atoms with van der Waals surface area (Å²) in [5.41, 5.74) is 3.61. The van der Waals surface area contributed by atoms with Gasteiger partial charge in [0.2, 0.25) is 11.7 Å². The molecule has 2 heterocycles. The minimum absolute atomic E-state index is 0.0440. The van der Waals surface area contributed by atoms with Gasteiger partial charge in [0.1, 0.15) is 23.9 Å². The van der Waals surface area contributed by atoms with Crippen LogP contribution in [0.15, 0.2) is 59.3 Å². The number of aromatic nitrogens is 4. The lowest BCUT2D eigenvalue weighted by Gasteiger charge is -2.14. The first-order valence-corrected chi connectivity index (χ1v) is 10.1. The molecule has 0 bridgehead atoms. The Balaban J connectivity index is 1.29. The van der Waals surface area contributed by atoms with Crippen molar-refractivity contribution in [2.45, 2.75) is 32.4 Å². The molecule has 156 valence electrons. The third-order valence-corrected chi connectivity index (χ3v) is 5.50. The standard InChI is InChI=1S/C23H20FN5O2/c1-14-25-20(22-27-23(31-28-22)16-6-9-17(24)10-7-16)12-29(14)13-21(30)26-19-11-8-15-4-2-3-5-18(15)19/h2-7,9-10,12,19H,8,11,13H2,1H3,(H,26,30). The molecule has 4 aromatic rings. The molecule has 7 nitrogen and oxygen atoms in total. The molecule has 2 aromatic carbocycles. The zero-order valence-corrected chi connectivity index (χ0v) is 16.9. The number of amides is 1. The van der Waals surface area contributed by atoms with Crippen LogP contribution in [0.25, 0.3) is 23.0 Å². The zero-order valence-electron chi connectivity index (χ0n) is 16.9. The topological polar surface area (TPSA) is 85.8 Å². The third kappa shape index (κ3) is 3.84. The van der Waals surface area contributed by atoms with Gasteiger partial charge in [0.05, 0.1) is 6.04 Å². The van der Waals surface area contributed by atoms with Crippen molar-refractivity contribution in [3.05, 3.63) is 77.5 Å². The molecule has 1 N–H and O–H groups in total. The van der Waals surface area contributed by atoms with Crippen LogP contribution in [0.1, 0.15) is 29.4 Å². The van der Waals surface area contributed by atoms with Crippen LogP contribution in [0.4, 0.5) is 4.39 Å². The molecule has 0 aliphatic heterocycles. The molecular formula is C23H20FN5O2. The van der Waals surface area contributed by atoms with Crippen molar-refractivity contribution in [3.8, 4) is 23.0 Å². The Hall–Kier alpha value is -3.81. The number of nitrogens with zero attached hydrogens (tertiary/aromatic N) is 4. The molecule has 8 heteroatoms. The first kappa shape index (κ1) is 19.2. The van der Waals surface area contributed by atoms with Crippen LogP contribution in [-0.2, 0) is 17.8 Å². The lowest BCUT2D eigenvalue weighted by molar-refractivity contribution is -0.122. The van der Waals surface area contributed by atoms with E-state index in [2.05, 4.69) is 32.6 Å². The average molecular weight is 417 g/mol. The van der Waals surface area contributed by atoms with Crippen molar-refractivity contribution >= 4 is 5.91 Å². The second-order valence-electron chi connectivity index (χ2n) is 7.59. The van der Waals surface area contributed by atoms with Crippen LogP contribution in [0.2, 0.25) is 0 Å². The van der Waals surface area contributed by atoms with E-state index in [1.54, 1.807) is 22.9 Å². The number of nitrogens with one attached hydrogen (secondary N) is 1. The molecule has 1 amide bonds. The fourth-order valence-electron chi connectivity index (χ4n) is 3.92. The van der Waals surface area contributed by atoms with Gasteiger partial charge in [-0.15, -0.1) is 0 Å². The molecule has 0 saturated heterocycles. The van der Waals surface area contributed by atoms with Crippen LogP contribution in [0, 0.1) is 12.7 Å². The van der Waals surface area contributed by atoms with Gasteiger partial charge in [0, 0.05) is 11.8 Å². The fraction of sp³-hybridized carbons (Fsp3) is 0.217. The predicted octanol–water partition coefficient (Wildman–Crippen LogP) is 3.85. The SMILES string of the molecule is Cc1nc(-c2noc(-c3ccc(F)cc3)n2)cn1CC(=O)NC1CCc2ccccc21. The van der Waals surface area contributed by atoms with E-state index in [9.17, 15) is 9.18 Å². The smallest absolute Gasteiger partial charge is 0.258 e. The van der Waals surface area contributed by atoms with Gasteiger partial charge in [-0.3, -0.25) is 4.79 Å². The predicted molar refractivity (Wildman–Crippen MR) is 111 cm³/mol. The third-order valence-electron chi connectivity index (χ3n) is 5.50. The van der Waals surface area contributed by atoms with Gasteiger partial charge in [0.25, 0.3) is 5.89 Å². The molecule has 1 atom stereocenters. The van der Waals surface area contributed by atoms with Crippen LogP contribution in [0.5, 0.6) is 0 Å². The van der Waals surface area contributed by atoms with Crippen molar-refractivity contribution < 1.29 is 13.7 Å². The summed E-state index contributed by atoms with van der Waals surface area (Å²) in [6.07, 6.45) is 3.62. The highest BCUT2D eigenvalue weighted by Crippen LogP contribution is 2.30. The molecular weight excluding hydrogens is 397 g/mol. The Morgan fingerprint density at radius 1 is 1.19 bits per heavy atom. The average Bonchev–Trinajstić information content (AvgIpc) is 3.49. The lowest BCUT2D eigenvalue weighted by atomic mass is 10.1. The summed E-state index contributed by atoms with van der Waals surface area (Å²) in [6, 6.07) is 14.1. The number of carbonyl (C=O) groups is 1. The number of aryl methyl sites for hydroxylation is 2. The normalized spacial score (nSPS) is 15.1. The highest BCUT2D eigenvalue weighted by atomic mass is 19.1. The summed E-state index contributed by atoms with van der Waals surface area (Å²) in [4.78, 5) is 21.5. The maximum absolute atomic E-state index is 13.1. The molecule has 0 saturated carbocycles. The molecule has 2 aromatic heterocycles. The van der Waals surface area contributed by atoms with Gasteiger partial charge < -0.3 is 14.4 Å². The number of hydrogen-bond donors (Lipinski definition) is 1. The second kappa shape index (κ2) is 7.79. The Morgan fingerprint density at radius 2 is 2.00 bits per heavy atom. The van der Waals surface area contributed by atoms with E-state index in [4.69, 9.17) is 4.52 Å². The van der Waals surface area contributed by atoms with Gasteiger partial charge in [-0.2, -0.15) is 4.98 Å². The number of carbonyl (C=O) groups excluding carboxylic acids is 1. The fourth-order valence-corrected chi connectivity index (χ4v) is 3.92. The summed E-state index contributed by atoms with van der Waals surface area (Å²) >= 11 is 0. The first-order valence-electron chi connectivity index (χ1n) is 10.1. The van der Waals surface area contributed by atoms with Gasteiger partial charge in [-0.1, -0.05) is 29.4 Å². The van der Waals surface area contributed by atoms with Crippen molar-refractivity contribution in [3.63, 3.8) is 0 Å². The molecule has 1 unspecified atom stereocenters. The van der Waals surface area contributed by atoms with Gasteiger partial charge >= 0.3 is 0 Å². The lowest BCUT2D eigenvalue weighted by Crippen LogP contribution is -2.30. The van der Waals surface area contributed by atoms with Crippen molar-refractivity contribution in [1.29, 1.82) is 0 Å². The van der Waals surface area contributed by atoms with Crippen LogP contribution < -0.4 is 5.32 Å². The zero-order chi connectivity index (χ0) is 21.4. The quantitative estimate of drug-likeness (QED) is 0.533. The van der Waals surface area contributed by atoms with Crippen molar-refractivity contribution in [2.24, 2.45) is 0 Å². The highest BCUT2D eigenvalue weighted by molar-refractivity contribution is 5.76. The first-order chi connectivity index (χ1) is 15.1. The molecule has 0 fully saturated rings. The number of halogens is 1.